The number of anilines is 1. The van der Waals surface area contributed by atoms with Crippen LogP contribution in [0.5, 0.6) is 0 Å². The third-order valence-corrected chi connectivity index (χ3v) is 4.54. The summed E-state index contributed by atoms with van der Waals surface area (Å²) in [6.45, 7) is 2.36. The highest BCUT2D eigenvalue weighted by Crippen LogP contribution is 2.11. The van der Waals surface area contributed by atoms with E-state index in [1.54, 1.807) is 13.0 Å². The first-order valence-electron chi connectivity index (χ1n) is 7.16. The standard InChI is InChI=1S/C14H16N6O3S/c1-11-18-13(8-14(19-11)20-6-2-3-7-20)15-4-5-17-24(21,22)12-9-16-23-10-12/h2-3,6-10,17H,4-5H2,1H3,(H,15,18,19). The van der Waals surface area contributed by atoms with E-state index in [2.05, 4.69) is 29.7 Å². The Labute approximate surface area is 138 Å². The maximum absolute atomic E-state index is 11.9. The Hall–Kier alpha value is -2.72. The molecule has 3 aromatic rings. The smallest absolute Gasteiger partial charge is 0.245 e. The summed E-state index contributed by atoms with van der Waals surface area (Å²) in [7, 11) is -3.61. The summed E-state index contributed by atoms with van der Waals surface area (Å²) in [5, 5.41) is 6.45. The van der Waals surface area contributed by atoms with E-state index >= 15 is 0 Å². The van der Waals surface area contributed by atoms with Gasteiger partial charge < -0.3 is 14.4 Å². The van der Waals surface area contributed by atoms with Crippen molar-refractivity contribution < 1.29 is 12.9 Å². The summed E-state index contributed by atoms with van der Waals surface area (Å²) >= 11 is 0. The summed E-state index contributed by atoms with van der Waals surface area (Å²) in [5.74, 6) is 1.98. The molecule has 0 fully saturated rings. The Morgan fingerprint density at radius 2 is 2.00 bits per heavy atom. The molecular formula is C14H16N6O3S. The van der Waals surface area contributed by atoms with Crippen molar-refractivity contribution in [2.75, 3.05) is 18.4 Å². The lowest BCUT2D eigenvalue weighted by Crippen LogP contribution is -2.28. The van der Waals surface area contributed by atoms with Crippen LogP contribution in [0.2, 0.25) is 0 Å². The first-order chi connectivity index (χ1) is 11.5. The SMILES string of the molecule is Cc1nc(NCCNS(=O)(=O)c2cnoc2)cc(-n2cccc2)n1. The molecule has 0 aliphatic heterocycles. The third-order valence-electron chi connectivity index (χ3n) is 3.14. The average molecular weight is 348 g/mol. The van der Waals surface area contributed by atoms with Crippen molar-refractivity contribution in [3.8, 4) is 5.82 Å². The highest BCUT2D eigenvalue weighted by molar-refractivity contribution is 7.89. The minimum atomic E-state index is -3.61. The molecule has 2 N–H and O–H groups in total. The summed E-state index contributed by atoms with van der Waals surface area (Å²) < 4.78 is 32.7. The number of aryl methyl sites for hydroxylation is 1. The molecule has 3 heterocycles. The predicted molar refractivity (Wildman–Crippen MR) is 86.3 cm³/mol. The summed E-state index contributed by atoms with van der Waals surface area (Å²) in [6, 6.07) is 5.61. The Morgan fingerprint density at radius 3 is 2.71 bits per heavy atom. The molecule has 10 heteroatoms. The molecule has 9 nitrogen and oxygen atoms in total. The van der Waals surface area contributed by atoms with Gasteiger partial charge in [-0.1, -0.05) is 5.16 Å². The van der Waals surface area contributed by atoms with Gasteiger partial charge in [-0.25, -0.2) is 23.1 Å². The highest BCUT2D eigenvalue weighted by Gasteiger charge is 2.15. The van der Waals surface area contributed by atoms with Crippen LogP contribution in [0.4, 0.5) is 5.82 Å². The minimum absolute atomic E-state index is 0.00438. The normalized spacial score (nSPS) is 11.5. The van der Waals surface area contributed by atoms with E-state index < -0.39 is 10.0 Å². The lowest BCUT2D eigenvalue weighted by atomic mass is 10.4. The van der Waals surface area contributed by atoms with Crippen molar-refractivity contribution in [1.82, 2.24) is 24.4 Å². The van der Waals surface area contributed by atoms with E-state index in [1.807, 2.05) is 29.1 Å². The molecule has 3 rings (SSSR count). The van der Waals surface area contributed by atoms with Crippen LogP contribution in [-0.2, 0) is 10.0 Å². The fraction of sp³-hybridized carbons (Fsp3) is 0.214. The largest absolute Gasteiger partial charge is 0.369 e. The second kappa shape index (κ2) is 6.81. The predicted octanol–water partition coefficient (Wildman–Crippen LogP) is 0.954. The van der Waals surface area contributed by atoms with Crippen LogP contribution >= 0.6 is 0 Å². The van der Waals surface area contributed by atoms with E-state index in [0.29, 0.717) is 18.2 Å². The fourth-order valence-corrected chi connectivity index (χ4v) is 2.94. The molecule has 0 amide bonds. The topological polar surface area (TPSA) is 115 Å². The lowest BCUT2D eigenvalue weighted by molar-refractivity contribution is 0.417. The average Bonchev–Trinajstić information content (AvgIpc) is 3.23. The Morgan fingerprint density at radius 1 is 1.21 bits per heavy atom. The third kappa shape index (κ3) is 3.78. The molecule has 0 spiro atoms. The number of aromatic nitrogens is 4. The van der Waals surface area contributed by atoms with Crippen LogP contribution in [0.25, 0.3) is 5.82 Å². The summed E-state index contributed by atoms with van der Waals surface area (Å²) in [4.78, 5) is 8.65. The van der Waals surface area contributed by atoms with Crippen molar-refractivity contribution in [3.05, 3.63) is 48.9 Å². The summed E-state index contributed by atoms with van der Waals surface area (Å²) in [6.07, 6.45) is 6.00. The number of hydrogen-bond acceptors (Lipinski definition) is 7. The van der Waals surface area contributed by atoms with Gasteiger partial charge in [0.15, 0.2) is 0 Å². The van der Waals surface area contributed by atoms with E-state index in [-0.39, 0.29) is 11.4 Å². The number of rotatable bonds is 7. The zero-order valence-electron chi connectivity index (χ0n) is 12.9. The monoisotopic (exact) mass is 348 g/mol. The molecular weight excluding hydrogens is 332 g/mol. The second-order valence-corrected chi connectivity index (χ2v) is 6.70. The van der Waals surface area contributed by atoms with Crippen LogP contribution in [-0.4, -0.2) is 41.2 Å². The van der Waals surface area contributed by atoms with Gasteiger partial charge in [0.1, 0.15) is 28.6 Å². The van der Waals surface area contributed by atoms with Gasteiger partial charge in [0, 0.05) is 31.5 Å². The van der Waals surface area contributed by atoms with E-state index in [0.717, 1.165) is 18.3 Å². The van der Waals surface area contributed by atoms with E-state index in [9.17, 15) is 8.42 Å². The van der Waals surface area contributed by atoms with Gasteiger partial charge in [-0.3, -0.25) is 0 Å². The number of nitrogens with one attached hydrogen (secondary N) is 2. The lowest BCUT2D eigenvalue weighted by Gasteiger charge is -2.09. The molecule has 0 saturated carbocycles. The Balaban J connectivity index is 1.59. The molecule has 0 aliphatic carbocycles. The molecule has 0 saturated heterocycles. The van der Waals surface area contributed by atoms with Crippen LogP contribution in [0.3, 0.4) is 0 Å². The Kier molecular flexibility index (Phi) is 4.58. The van der Waals surface area contributed by atoms with Gasteiger partial charge in [-0.2, -0.15) is 0 Å². The van der Waals surface area contributed by atoms with Crippen LogP contribution in [0, 0.1) is 6.92 Å². The number of nitrogens with zero attached hydrogens (tertiary/aromatic N) is 4. The van der Waals surface area contributed by atoms with E-state index in [4.69, 9.17) is 0 Å². The molecule has 0 aliphatic rings. The molecule has 0 bridgehead atoms. The molecule has 0 aromatic carbocycles. The van der Waals surface area contributed by atoms with Gasteiger partial charge in [-0.05, 0) is 19.1 Å². The fourth-order valence-electron chi connectivity index (χ4n) is 2.05. The molecule has 3 aromatic heterocycles. The van der Waals surface area contributed by atoms with Crippen molar-refractivity contribution in [3.63, 3.8) is 0 Å². The zero-order chi connectivity index (χ0) is 17.0. The van der Waals surface area contributed by atoms with E-state index in [1.165, 1.54) is 0 Å². The summed E-state index contributed by atoms with van der Waals surface area (Å²) in [5.41, 5.74) is 0. The van der Waals surface area contributed by atoms with Gasteiger partial charge >= 0.3 is 0 Å². The Bertz CT molecular complexity index is 891. The first-order valence-corrected chi connectivity index (χ1v) is 8.65. The van der Waals surface area contributed by atoms with Crippen molar-refractivity contribution in [2.45, 2.75) is 11.8 Å². The maximum Gasteiger partial charge on any atom is 0.245 e. The molecule has 0 radical (unpaired) electrons. The van der Waals surface area contributed by atoms with Crippen molar-refractivity contribution in [2.24, 2.45) is 0 Å². The quantitative estimate of drug-likeness (QED) is 0.611. The van der Waals surface area contributed by atoms with Crippen LogP contribution < -0.4 is 10.0 Å². The maximum atomic E-state index is 11.9. The van der Waals surface area contributed by atoms with Crippen molar-refractivity contribution in [1.29, 1.82) is 0 Å². The second-order valence-electron chi connectivity index (χ2n) is 4.93. The van der Waals surface area contributed by atoms with Crippen LogP contribution in [0.15, 0.2) is 52.5 Å². The number of sulfonamides is 1. The van der Waals surface area contributed by atoms with Crippen molar-refractivity contribution >= 4 is 15.8 Å². The zero-order valence-corrected chi connectivity index (χ0v) is 13.7. The minimum Gasteiger partial charge on any atom is -0.369 e. The van der Waals surface area contributed by atoms with Gasteiger partial charge in [-0.15, -0.1) is 0 Å². The molecule has 126 valence electrons. The molecule has 24 heavy (non-hydrogen) atoms. The highest BCUT2D eigenvalue weighted by atomic mass is 32.2. The van der Waals surface area contributed by atoms with Gasteiger partial charge in [0.05, 0.1) is 6.20 Å². The number of hydrogen-bond donors (Lipinski definition) is 2. The molecule has 0 unspecified atom stereocenters. The van der Waals surface area contributed by atoms with Gasteiger partial charge in [0.25, 0.3) is 0 Å². The van der Waals surface area contributed by atoms with Crippen LogP contribution in [0.1, 0.15) is 5.82 Å². The van der Waals surface area contributed by atoms with Gasteiger partial charge in [0.2, 0.25) is 10.0 Å². The molecule has 0 atom stereocenters. The first kappa shape index (κ1) is 16.1.